The zero-order chi connectivity index (χ0) is 26.7. The molecule has 0 spiro atoms. The van der Waals surface area contributed by atoms with Gasteiger partial charge in [0.05, 0.1) is 31.2 Å². The number of aliphatic hydroxyl groups is 1. The molecule has 198 valence electrons. The van der Waals surface area contributed by atoms with Crippen LogP contribution in [0.25, 0.3) is 0 Å². The topological polar surface area (TPSA) is 115 Å². The van der Waals surface area contributed by atoms with Gasteiger partial charge in [-0.3, -0.25) is 19.9 Å². The van der Waals surface area contributed by atoms with Crippen LogP contribution in [0, 0.1) is 5.41 Å². The molecular weight excluding hydrogens is 482 g/mol. The van der Waals surface area contributed by atoms with E-state index in [9.17, 15) is 23.5 Å². The van der Waals surface area contributed by atoms with Crippen molar-refractivity contribution in [3.8, 4) is 0 Å². The molecule has 2 aromatic carbocycles. The van der Waals surface area contributed by atoms with Crippen LogP contribution in [-0.2, 0) is 16.0 Å². The highest BCUT2D eigenvalue weighted by atomic mass is 19.3. The number of alkyl halides is 2. The van der Waals surface area contributed by atoms with E-state index >= 15 is 0 Å². The first kappa shape index (κ1) is 26.7. The minimum Gasteiger partial charge on any atom is -0.390 e. The molecule has 1 heterocycles. The summed E-state index contributed by atoms with van der Waals surface area (Å²) in [6.45, 7) is 0.466. The second-order valence-electron chi connectivity index (χ2n) is 9.81. The third kappa shape index (κ3) is 5.80. The second-order valence-corrected chi connectivity index (χ2v) is 9.81. The third-order valence-electron chi connectivity index (χ3n) is 7.22. The number of carbonyl (C=O) groups is 2. The number of hydrogen-bond donors (Lipinski definition) is 4. The monoisotopic (exact) mass is 514 g/mol. The minimum absolute atomic E-state index is 0.00274. The molecule has 1 fully saturated rings. The summed E-state index contributed by atoms with van der Waals surface area (Å²) in [6.07, 6.45) is 0.449. The Labute approximate surface area is 214 Å². The number of halogens is 2. The molecule has 0 bridgehead atoms. The summed E-state index contributed by atoms with van der Waals surface area (Å²) in [5, 5.41) is 25.0. The van der Waals surface area contributed by atoms with E-state index in [-0.39, 0.29) is 36.9 Å². The van der Waals surface area contributed by atoms with E-state index in [1.165, 1.54) is 4.90 Å². The Kier molecular flexibility index (Phi) is 7.89. The predicted molar refractivity (Wildman–Crippen MR) is 133 cm³/mol. The summed E-state index contributed by atoms with van der Waals surface area (Å²) in [5.41, 5.74) is 2.06. The van der Waals surface area contributed by atoms with Crippen LogP contribution in [0.5, 0.6) is 0 Å². The molecule has 1 aliphatic carbocycles. The molecule has 4 N–H and O–H groups in total. The molecule has 1 aliphatic heterocycles. The van der Waals surface area contributed by atoms with E-state index in [4.69, 9.17) is 5.41 Å². The van der Waals surface area contributed by atoms with Crippen LogP contribution in [0.2, 0.25) is 0 Å². The highest BCUT2D eigenvalue weighted by Crippen LogP contribution is 2.33. The summed E-state index contributed by atoms with van der Waals surface area (Å²) >= 11 is 0. The number of carbonyl (C=O) groups excluding carboxylic acids is 2. The molecule has 0 saturated carbocycles. The Hall–Kier alpha value is -3.37. The van der Waals surface area contributed by atoms with Crippen LogP contribution in [0.4, 0.5) is 8.78 Å². The first-order valence-electron chi connectivity index (χ1n) is 12.4. The number of fused-ring (bicyclic) bond motifs is 1. The van der Waals surface area contributed by atoms with Crippen LogP contribution in [0.3, 0.4) is 0 Å². The molecule has 8 nitrogen and oxygen atoms in total. The average molecular weight is 515 g/mol. The van der Waals surface area contributed by atoms with E-state index in [2.05, 4.69) is 15.4 Å². The number of guanidine groups is 1. The van der Waals surface area contributed by atoms with Gasteiger partial charge in [-0.25, -0.2) is 0 Å². The van der Waals surface area contributed by atoms with E-state index in [0.717, 1.165) is 11.1 Å². The quantitative estimate of drug-likeness (QED) is 0.408. The number of nitrogens with zero attached hydrogens (tertiary/aromatic N) is 1. The van der Waals surface area contributed by atoms with Gasteiger partial charge in [-0.2, -0.15) is 8.78 Å². The Balaban J connectivity index is 1.58. The third-order valence-corrected chi connectivity index (χ3v) is 7.22. The minimum atomic E-state index is -2.96. The summed E-state index contributed by atoms with van der Waals surface area (Å²) in [7, 11) is 0. The highest BCUT2D eigenvalue weighted by Gasteiger charge is 2.40. The number of rotatable bonds is 9. The van der Waals surface area contributed by atoms with Crippen molar-refractivity contribution in [3.63, 3.8) is 0 Å². The molecule has 0 aromatic heterocycles. The molecule has 37 heavy (non-hydrogen) atoms. The molecule has 2 aliphatic rings. The van der Waals surface area contributed by atoms with Gasteiger partial charge in [-0.15, -0.1) is 0 Å². The number of benzene rings is 2. The van der Waals surface area contributed by atoms with Gasteiger partial charge in [0.25, 0.3) is 5.91 Å². The lowest BCUT2D eigenvalue weighted by Crippen LogP contribution is -2.61. The fourth-order valence-corrected chi connectivity index (χ4v) is 5.05. The van der Waals surface area contributed by atoms with Crippen molar-refractivity contribution >= 4 is 17.8 Å². The Morgan fingerprint density at radius 1 is 1.30 bits per heavy atom. The number of nitrogens with one attached hydrogen (secondary N) is 3. The van der Waals surface area contributed by atoms with Crippen LogP contribution in [-0.4, -0.2) is 52.6 Å². The van der Waals surface area contributed by atoms with E-state index in [0.29, 0.717) is 18.4 Å². The number of amides is 2. The lowest BCUT2D eigenvalue weighted by atomic mass is 9.90. The van der Waals surface area contributed by atoms with Gasteiger partial charge in [0.1, 0.15) is 0 Å². The fourth-order valence-electron chi connectivity index (χ4n) is 5.05. The second kappa shape index (κ2) is 10.9. The lowest BCUT2D eigenvalue weighted by molar-refractivity contribution is -0.137. The Bertz CT molecular complexity index is 1160. The normalized spacial score (nSPS) is 24.1. The average Bonchev–Trinajstić information content (AvgIpc) is 3.17. The first-order valence-corrected chi connectivity index (χ1v) is 12.4. The Morgan fingerprint density at radius 2 is 2.05 bits per heavy atom. The maximum absolute atomic E-state index is 13.2. The number of aliphatic hydroxyl groups excluding tert-OH is 1. The van der Waals surface area contributed by atoms with Gasteiger partial charge in [0, 0.05) is 17.5 Å². The lowest BCUT2D eigenvalue weighted by Gasteiger charge is -2.43. The smallest absolute Gasteiger partial charge is 0.345 e. The predicted octanol–water partition coefficient (Wildman–Crippen LogP) is 3.67. The summed E-state index contributed by atoms with van der Waals surface area (Å²) in [6, 6.07) is 12.7. The Morgan fingerprint density at radius 3 is 2.76 bits per heavy atom. The van der Waals surface area contributed by atoms with E-state index < -0.39 is 36.2 Å². The SMILES string of the molecule is CC[C@@]1(C)CC(=O)N([C@H](CCOC(F)F)c2cccc(C(=O)N[C@@H]3c4ccccc4C[C@H]3O)c2)C(=N)N1. The van der Waals surface area contributed by atoms with Crippen LogP contribution >= 0.6 is 0 Å². The maximum atomic E-state index is 13.2. The molecule has 0 unspecified atom stereocenters. The van der Waals surface area contributed by atoms with Gasteiger partial charge < -0.3 is 20.5 Å². The van der Waals surface area contributed by atoms with Crippen LogP contribution in [0.15, 0.2) is 48.5 Å². The summed E-state index contributed by atoms with van der Waals surface area (Å²) in [4.78, 5) is 27.6. The number of ether oxygens (including phenoxy) is 1. The van der Waals surface area contributed by atoms with Crippen molar-refractivity contribution in [3.05, 3.63) is 70.8 Å². The van der Waals surface area contributed by atoms with Gasteiger partial charge in [0.15, 0.2) is 5.96 Å². The molecule has 2 aromatic rings. The largest absolute Gasteiger partial charge is 0.390 e. The molecule has 10 heteroatoms. The van der Waals surface area contributed by atoms with Crippen molar-refractivity contribution < 1.29 is 28.2 Å². The van der Waals surface area contributed by atoms with Crippen molar-refractivity contribution in [1.29, 1.82) is 5.41 Å². The van der Waals surface area contributed by atoms with E-state index in [1.807, 2.05) is 38.1 Å². The van der Waals surface area contributed by atoms with E-state index in [1.54, 1.807) is 24.3 Å². The maximum Gasteiger partial charge on any atom is 0.345 e. The van der Waals surface area contributed by atoms with Gasteiger partial charge in [-0.05, 0) is 48.6 Å². The van der Waals surface area contributed by atoms with Crippen LogP contribution < -0.4 is 10.6 Å². The summed E-state index contributed by atoms with van der Waals surface area (Å²) in [5.74, 6) is -0.846. The van der Waals surface area contributed by atoms with Crippen molar-refractivity contribution in [2.24, 2.45) is 0 Å². The molecule has 0 radical (unpaired) electrons. The summed E-state index contributed by atoms with van der Waals surface area (Å²) < 4.78 is 29.9. The zero-order valence-corrected chi connectivity index (χ0v) is 20.8. The molecule has 4 atom stereocenters. The zero-order valence-electron chi connectivity index (χ0n) is 20.8. The van der Waals surface area contributed by atoms with Gasteiger partial charge >= 0.3 is 6.61 Å². The van der Waals surface area contributed by atoms with Crippen molar-refractivity contribution in [1.82, 2.24) is 15.5 Å². The molecule has 2 amide bonds. The van der Waals surface area contributed by atoms with Gasteiger partial charge in [-0.1, -0.05) is 43.3 Å². The standard InChI is InChI=1S/C27H32F2N4O4/c1-3-27(2)15-22(35)33(26(30)32-27)20(11-12-37-25(28)29)17-8-6-9-18(13-17)24(36)31-23-19-10-5-4-7-16(19)14-21(23)34/h4-10,13,20-21,23,25,34H,3,11-12,14-15H2,1-2H3,(H2,30,32)(H,31,36)/t20-,21-,23-,27+/m1/s1. The molecular formula is C27H32F2N4O4. The highest BCUT2D eigenvalue weighted by molar-refractivity contribution is 6.00. The molecule has 4 rings (SSSR count). The fraction of sp³-hybridized carbons (Fsp3) is 0.444. The number of hydrogen-bond acceptors (Lipinski definition) is 5. The van der Waals surface area contributed by atoms with Crippen molar-refractivity contribution in [2.45, 2.75) is 69.9 Å². The van der Waals surface area contributed by atoms with Crippen molar-refractivity contribution in [2.75, 3.05) is 6.61 Å². The van der Waals surface area contributed by atoms with Gasteiger partial charge in [0.2, 0.25) is 5.91 Å². The first-order chi connectivity index (χ1) is 17.6. The van der Waals surface area contributed by atoms with Crippen LogP contribution in [0.1, 0.15) is 72.2 Å². The molecule has 1 saturated heterocycles.